The van der Waals surface area contributed by atoms with Crippen molar-refractivity contribution in [1.29, 1.82) is 0 Å². The highest BCUT2D eigenvalue weighted by Gasteiger charge is 2.31. The molecule has 3 heterocycles. The van der Waals surface area contributed by atoms with Crippen LogP contribution < -0.4 is 20.8 Å². The first-order valence-corrected chi connectivity index (χ1v) is 9.73. The van der Waals surface area contributed by atoms with Crippen molar-refractivity contribution >= 4 is 22.6 Å². The Morgan fingerprint density at radius 3 is 2.69 bits per heavy atom. The highest BCUT2D eigenvalue weighted by molar-refractivity contribution is 5.97. The van der Waals surface area contributed by atoms with E-state index in [1.54, 1.807) is 4.57 Å². The molecule has 29 heavy (non-hydrogen) atoms. The summed E-state index contributed by atoms with van der Waals surface area (Å²) in [5.74, 6) is -1.58. The maximum atomic E-state index is 15.2. The number of carboxylic acid groups (broad SMARTS) is 1. The van der Waals surface area contributed by atoms with Crippen molar-refractivity contribution in [2.75, 3.05) is 31.1 Å². The van der Waals surface area contributed by atoms with Gasteiger partial charge in [-0.15, -0.1) is 0 Å². The average molecular weight is 401 g/mol. The topological polar surface area (TPSA) is 97.8 Å². The maximum absolute atomic E-state index is 15.2. The summed E-state index contributed by atoms with van der Waals surface area (Å²) in [5, 5.41) is 9.41. The van der Waals surface area contributed by atoms with E-state index < -0.39 is 17.2 Å². The number of hydrogen-bond acceptors (Lipinski definition) is 5. The van der Waals surface area contributed by atoms with Gasteiger partial charge in [-0.2, -0.15) is 0 Å². The molecule has 2 aliphatic heterocycles. The van der Waals surface area contributed by atoms with Crippen molar-refractivity contribution in [2.24, 2.45) is 5.73 Å². The van der Waals surface area contributed by atoms with Gasteiger partial charge in [0.1, 0.15) is 17.9 Å². The number of piperidine rings is 1. The lowest BCUT2D eigenvalue weighted by molar-refractivity contribution is 0.0694. The molecule has 4 rings (SSSR count). The predicted octanol–water partition coefficient (Wildman–Crippen LogP) is 2.67. The number of rotatable bonds is 3. The molecule has 0 radical (unpaired) electrons. The average Bonchev–Trinajstić information content (AvgIpc) is 2.71. The van der Waals surface area contributed by atoms with Gasteiger partial charge < -0.3 is 25.0 Å². The fraction of sp³-hybridized carbons (Fsp3) is 0.429. The van der Waals surface area contributed by atoms with Crippen LogP contribution in [0.3, 0.4) is 0 Å². The van der Waals surface area contributed by atoms with Gasteiger partial charge in [0.05, 0.1) is 16.9 Å². The number of nitrogens with zero attached hydrogens (tertiary/aromatic N) is 2. The van der Waals surface area contributed by atoms with Crippen LogP contribution in [0.15, 0.2) is 28.2 Å². The molecule has 0 spiro atoms. The molecule has 7 nitrogen and oxygen atoms in total. The number of hydrogen-bond donors (Lipinski definition) is 2. The van der Waals surface area contributed by atoms with Gasteiger partial charge in [-0.3, -0.25) is 4.79 Å². The molecule has 1 fully saturated rings. The first-order chi connectivity index (χ1) is 13.8. The quantitative estimate of drug-likeness (QED) is 0.768. The van der Waals surface area contributed by atoms with Gasteiger partial charge in [0, 0.05) is 25.8 Å². The van der Waals surface area contributed by atoms with E-state index in [4.69, 9.17) is 10.5 Å². The molecule has 0 saturated carbocycles. The third-order valence-electron chi connectivity index (χ3n) is 5.97. The Morgan fingerprint density at radius 1 is 1.38 bits per heavy atom. The summed E-state index contributed by atoms with van der Waals surface area (Å²) >= 11 is 0. The van der Waals surface area contributed by atoms with Crippen molar-refractivity contribution in [3.05, 3.63) is 45.0 Å². The molecule has 1 unspecified atom stereocenters. The molecule has 1 saturated heterocycles. The van der Waals surface area contributed by atoms with Crippen molar-refractivity contribution in [2.45, 2.75) is 32.7 Å². The lowest BCUT2D eigenvalue weighted by atomic mass is 9.97. The van der Waals surface area contributed by atoms with Crippen molar-refractivity contribution in [3.63, 3.8) is 0 Å². The molecule has 154 valence electrons. The number of nitrogens with two attached hydrogens (primary N) is 1. The standard InChI is InChI=1S/C21H24FN3O4/c1-11(8-23)13-3-5-24(6-4-13)18-16(22)7-14-17-20(18)29-10-12(2)25(17)9-15(19(14)26)21(27)28/h7,9,12H,3-6,8,10,23H2,1-2H3,(H,27,28). The molecular weight excluding hydrogens is 377 g/mol. The summed E-state index contributed by atoms with van der Waals surface area (Å²) in [7, 11) is 0. The van der Waals surface area contributed by atoms with E-state index in [0.717, 1.165) is 18.9 Å². The van der Waals surface area contributed by atoms with E-state index in [1.165, 1.54) is 17.3 Å². The summed E-state index contributed by atoms with van der Waals surface area (Å²) in [5.41, 5.74) is 7.94. The van der Waals surface area contributed by atoms with Gasteiger partial charge in [0.15, 0.2) is 11.6 Å². The molecule has 0 bridgehead atoms. The van der Waals surface area contributed by atoms with Crippen molar-refractivity contribution < 1.29 is 19.0 Å². The van der Waals surface area contributed by atoms with Crippen LogP contribution in [0.25, 0.3) is 10.9 Å². The van der Waals surface area contributed by atoms with Gasteiger partial charge in [0.25, 0.3) is 0 Å². The third kappa shape index (κ3) is 3.07. The van der Waals surface area contributed by atoms with Crippen LogP contribution in [0.2, 0.25) is 0 Å². The Kier molecular flexibility index (Phi) is 4.82. The number of pyridine rings is 1. The minimum Gasteiger partial charge on any atom is -0.487 e. The second-order valence-corrected chi connectivity index (χ2v) is 7.75. The smallest absolute Gasteiger partial charge is 0.341 e. The molecular formula is C21H24FN3O4. The Balaban J connectivity index is 1.88. The van der Waals surface area contributed by atoms with Crippen molar-refractivity contribution in [1.82, 2.24) is 4.57 Å². The predicted molar refractivity (Wildman–Crippen MR) is 109 cm³/mol. The van der Waals surface area contributed by atoms with Crippen LogP contribution in [-0.4, -0.2) is 41.9 Å². The first-order valence-electron chi connectivity index (χ1n) is 9.73. The SMILES string of the molecule is CC(CN)=C1CCN(c2c(F)cc3c(=O)c(C(=O)O)cn4c3c2OCC4C)CC1. The number of carboxylic acids is 1. The second kappa shape index (κ2) is 7.18. The van der Waals surface area contributed by atoms with E-state index in [9.17, 15) is 14.7 Å². The van der Waals surface area contributed by atoms with Gasteiger partial charge in [-0.05, 0) is 32.8 Å². The summed E-state index contributed by atoms with van der Waals surface area (Å²) < 4.78 is 22.8. The van der Waals surface area contributed by atoms with Gasteiger partial charge >= 0.3 is 5.97 Å². The number of aromatic carboxylic acids is 1. The van der Waals surface area contributed by atoms with Crippen LogP contribution in [0.4, 0.5) is 10.1 Å². The zero-order chi connectivity index (χ0) is 20.9. The van der Waals surface area contributed by atoms with Gasteiger partial charge in [-0.25, -0.2) is 9.18 Å². The number of ether oxygens (including phenoxy) is 1. The third-order valence-corrected chi connectivity index (χ3v) is 5.97. The summed E-state index contributed by atoms with van der Waals surface area (Å²) in [4.78, 5) is 26.1. The minimum absolute atomic E-state index is 0.0317. The van der Waals surface area contributed by atoms with Crippen LogP contribution in [0.5, 0.6) is 5.75 Å². The fourth-order valence-corrected chi connectivity index (χ4v) is 4.23. The number of benzene rings is 1. The van der Waals surface area contributed by atoms with Crippen LogP contribution in [0.1, 0.15) is 43.1 Å². The molecule has 3 N–H and O–H groups in total. The summed E-state index contributed by atoms with van der Waals surface area (Å²) in [6.07, 6.45) is 2.93. The van der Waals surface area contributed by atoms with E-state index in [2.05, 4.69) is 0 Å². The van der Waals surface area contributed by atoms with E-state index in [0.29, 0.717) is 36.6 Å². The van der Waals surface area contributed by atoms with Gasteiger partial charge in [-0.1, -0.05) is 11.1 Å². The molecule has 8 heteroatoms. The monoisotopic (exact) mass is 401 g/mol. The molecule has 1 aromatic heterocycles. The zero-order valence-corrected chi connectivity index (χ0v) is 16.5. The van der Waals surface area contributed by atoms with Gasteiger partial charge in [0.2, 0.25) is 5.43 Å². The van der Waals surface area contributed by atoms with E-state index >= 15 is 4.39 Å². The lowest BCUT2D eigenvalue weighted by Gasteiger charge is -2.35. The maximum Gasteiger partial charge on any atom is 0.341 e. The van der Waals surface area contributed by atoms with Crippen molar-refractivity contribution in [3.8, 4) is 5.75 Å². The normalized spacial score (nSPS) is 18.7. The Bertz CT molecular complexity index is 1100. The van der Waals surface area contributed by atoms with Crippen LogP contribution in [-0.2, 0) is 0 Å². The fourth-order valence-electron chi connectivity index (χ4n) is 4.23. The second-order valence-electron chi connectivity index (χ2n) is 7.75. The highest BCUT2D eigenvalue weighted by Crippen LogP contribution is 2.42. The first kappa shape index (κ1) is 19.4. The molecule has 2 aliphatic rings. The number of aromatic nitrogens is 1. The molecule has 1 aromatic carbocycles. The summed E-state index contributed by atoms with van der Waals surface area (Å²) in [6.45, 7) is 5.93. The Hall–Kier alpha value is -2.87. The number of carbonyl (C=O) groups is 1. The number of anilines is 1. The molecule has 0 aliphatic carbocycles. The Labute approximate surface area is 167 Å². The number of halogens is 1. The largest absolute Gasteiger partial charge is 0.487 e. The van der Waals surface area contributed by atoms with Crippen LogP contribution >= 0.6 is 0 Å². The zero-order valence-electron chi connectivity index (χ0n) is 16.5. The lowest BCUT2D eigenvalue weighted by Crippen LogP contribution is -2.34. The molecule has 2 aromatic rings. The van der Waals surface area contributed by atoms with E-state index in [-0.39, 0.29) is 23.6 Å². The highest BCUT2D eigenvalue weighted by atomic mass is 19.1. The Morgan fingerprint density at radius 2 is 2.07 bits per heavy atom. The summed E-state index contributed by atoms with van der Waals surface area (Å²) in [6, 6.07) is 0.974. The molecule has 0 amide bonds. The van der Waals surface area contributed by atoms with Crippen LogP contribution in [0, 0.1) is 5.82 Å². The molecule has 1 atom stereocenters. The minimum atomic E-state index is -1.32. The van der Waals surface area contributed by atoms with E-state index in [1.807, 2.05) is 18.7 Å².